The van der Waals surface area contributed by atoms with Crippen molar-refractivity contribution in [1.29, 1.82) is 0 Å². The van der Waals surface area contributed by atoms with Gasteiger partial charge in [0.05, 0.1) is 19.4 Å². The van der Waals surface area contributed by atoms with Gasteiger partial charge in [0.2, 0.25) is 0 Å². The largest absolute Gasteiger partial charge is 0.504 e. The van der Waals surface area contributed by atoms with Crippen molar-refractivity contribution in [1.82, 2.24) is 0 Å². The highest BCUT2D eigenvalue weighted by Gasteiger charge is 2.18. The number of phenols is 1. The van der Waals surface area contributed by atoms with Crippen LogP contribution in [0, 0.1) is 0 Å². The number of anilines is 1. The Morgan fingerprint density at radius 1 is 1.19 bits per heavy atom. The maximum absolute atomic E-state index is 10.3. The fourth-order valence-electron chi connectivity index (χ4n) is 2.63. The number of ether oxygens (including phenoxy) is 2. The number of nitrogens with zero attached hydrogens (tertiary/aromatic N) is 1. The van der Waals surface area contributed by atoms with E-state index in [9.17, 15) is 5.11 Å². The van der Waals surface area contributed by atoms with Gasteiger partial charge in [0.1, 0.15) is 5.75 Å². The summed E-state index contributed by atoms with van der Waals surface area (Å²) in [6.45, 7) is 2.24. The summed E-state index contributed by atoms with van der Waals surface area (Å²) in [5.41, 5.74) is 1.92. The van der Waals surface area contributed by atoms with E-state index in [1.807, 2.05) is 30.3 Å². The smallest absolute Gasteiger partial charge is 0.162 e. The van der Waals surface area contributed by atoms with Crippen molar-refractivity contribution in [3.8, 4) is 17.2 Å². The third-order valence-corrected chi connectivity index (χ3v) is 3.70. The van der Waals surface area contributed by atoms with Crippen molar-refractivity contribution in [2.24, 2.45) is 0 Å². The van der Waals surface area contributed by atoms with Crippen LogP contribution in [-0.4, -0.2) is 25.4 Å². The summed E-state index contributed by atoms with van der Waals surface area (Å²) in [5.74, 6) is 1.62. The molecule has 4 nitrogen and oxygen atoms in total. The molecule has 0 saturated heterocycles. The number of hydrogen-bond acceptors (Lipinski definition) is 4. The third-order valence-electron chi connectivity index (χ3n) is 3.70. The molecule has 0 fully saturated rings. The first-order valence-corrected chi connectivity index (χ1v) is 7.11. The van der Waals surface area contributed by atoms with Gasteiger partial charge in [0, 0.05) is 18.7 Å². The van der Waals surface area contributed by atoms with Gasteiger partial charge >= 0.3 is 0 Å². The zero-order valence-electron chi connectivity index (χ0n) is 12.1. The molecule has 0 atom stereocenters. The van der Waals surface area contributed by atoms with Crippen molar-refractivity contribution in [3.63, 3.8) is 0 Å². The van der Waals surface area contributed by atoms with Crippen molar-refractivity contribution in [2.75, 3.05) is 25.2 Å². The summed E-state index contributed by atoms with van der Waals surface area (Å²) in [6.07, 6.45) is 0.958. The normalized spacial score (nSPS) is 14.0. The number of para-hydroxylation sites is 3. The summed E-state index contributed by atoms with van der Waals surface area (Å²) in [5, 5.41) is 10.3. The van der Waals surface area contributed by atoms with Gasteiger partial charge in [0.25, 0.3) is 0 Å². The average molecular weight is 285 g/mol. The van der Waals surface area contributed by atoms with Crippen molar-refractivity contribution in [2.45, 2.75) is 13.0 Å². The van der Waals surface area contributed by atoms with Crippen molar-refractivity contribution < 1.29 is 14.6 Å². The maximum atomic E-state index is 10.3. The second-order valence-electron chi connectivity index (χ2n) is 5.06. The highest BCUT2D eigenvalue weighted by atomic mass is 16.5. The lowest BCUT2D eigenvalue weighted by Gasteiger charge is -2.24. The van der Waals surface area contributed by atoms with Crippen LogP contribution in [0.3, 0.4) is 0 Å². The first kappa shape index (κ1) is 13.6. The van der Waals surface area contributed by atoms with E-state index < -0.39 is 0 Å². The molecule has 0 amide bonds. The molecular weight excluding hydrogens is 266 g/mol. The minimum absolute atomic E-state index is 0.211. The quantitative estimate of drug-likeness (QED) is 0.940. The lowest BCUT2D eigenvalue weighted by Crippen LogP contribution is -2.23. The van der Waals surface area contributed by atoms with Crippen molar-refractivity contribution >= 4 is 5.69 Å². The van der Waals surface area contributed by atoms with Crippen LogP contribution in [0.2, 0.25) is 0 Å². The number of benzene rings is 2. The number of rotatable bonds is 3. The van der Waals surface area contributed by atoms with Crippen LogP contribution >= 0.6 is 0 Å². The Bertz CT molecular complexity index is 627. The average Bonchev–Trinajstić information content (AvgIpc) is 2.72. The van der Waals surface area contributed by atoms with Crippen molar-refractivity contribution in [3.05, 3.63) is 48.0 Å². The van der Waals surface area contributed by atoms with E-state index in [-0.39, 0.29) is 5.75 Å². The summed E-state index contributed by atoms with van der Waals surface area (Å²) >= 11 is 0. The van der Waals surface area contributed by atoms with Crippen LogP contribution < -0.4 is 14.4 Å². The van der Waals surface area contributed by atoms with Gasteiger partial charge in [-0.3, -0.25) is 0 Å². The molecule has 21 heavy (non-hydrogen) atoms. The molecule has 0 saturated carbocycles. The van der Waals surface area contributed by atoms with E-state index >= 15 is 0 Å². The molecule has 3 rings (SSSR count). The Balaban J connectivity index is 1.91. The third kappa shape index (κ3) is 2.75. The van der Waals surface area contributed by atoms with Gasteiger partial charge in [0.15, 0.2) is 11.5 Å². The lowest BCUT2D eigenvalue weighted by molar-refractivity contribution is 0.322. The Hall–Kier alpha value is -2.36. The minimum atomic E-state index is 0.211. The highest BCUT2D eigenvalue weighted by molar-refractivity contribution is 5.60. The molecule has 0 radical (unpaired) electrons. The number of methoxy groups -OCH3 is 1. The van der Waals surface area contributed by atoms with E-state index in [0.29, 0.717) is 12.3 Å². The SMILES string of the molecule is COc1cccc(CN2CCCOc3ccccc32)c1O. The topological polar surface area (TPSA) is 41.9 Å². The fourth-order valence-corrected chi connectivity index (χ4v) is 2.63. The molecule has 1 aliphatic heterocycles. The summed E-state index contributed by atoms with van der Waals surface area (Å²) in [6, 6.07) is 13.6. The molecule has 1 aliphatic rings. The maximum Gasteiger partial charge on any atom is 0.162 e. The Morgan fingerprint density at radius 2 is 2.05 bits per heavy atom. The molecule has 0 bridgehead atoms. The summed E-state index contributed by atoms with van der Waals surface area (Å²) in [7, 11) is 1.56. The first-order chi connectivity index (χ1) is 10.3. The number of fused-ring (bicyclic) bond motifs is 1. The lowest BCUT2D eigenvalue weighted by atomic mass is 10.1. The second-order valence-corrected chi connectivity index (χ2v) is 5.06. The van der Waals surface area contributed by atoms with E-state index in [1.54, 1.807) is 13.2 Å². The standard InChI is InChI=1S/C17H19NO3/c1-20-16-9-4-6-13(17(16)19)12-18-10-5-11-21-15-8-3-2-7-14(15)18/h2-4,6-9,19H,5,10-12H2,1H3. The van der Waals surface area contributed by atoms with E-state index in [0.717, 1.165) is 36.6 Å². The Kier molecular flexibility index (Phi) is 3.86. The van der Waals surface area contributed by atoms with Crippen LogP contribution in [0.5, 0.6) is 17.2 Å². The van der Waals surface area contributed by atoms with Gasteiger partial charge in [-0.1, -0.05) is 24.3 Å². The van der Waals surface area contributed by atoms with Gasteiger partial charge in [-0.05, 0) is 24.6 Å². The number of phenolic OH excluding ortho intramolecular Hbond substituents is 1. The predicted octanol–water partition coefficient (Wildman–Crippen LogP) is 3.19. The Morgan fingerprint density at radius 3 is 2.90 bits per heavy atom. The van der Waals surface area contributed by atoms with E-state index in [4.69, 9.17) is 9.47 Å². The molecule has 4 heteroatoms. The number of hydrogen-bond donors (Lipinski definition) is 1. The van der Waals surface area contributed by atoms with Crippen LogP contribution in [0.4, 0.5) is 5.69 Å². The molecule has 1 N–H and O–H groups in total. The molecule has 110 valence electrons. The number of aromatic hydroxyl groups is 1. The van der Waals surface area contributed by atoms with Crippen LogP contribution in [0.1, 0.15) is 12.0 Å². The first-order valence-electron chi connectivity index (χ1n) is 7.11. The molecule has 1 heterocycles. The fraction of sp³-hybridized carbons (Fsp3) is 0.294. The molecule has 0 unspecified atom stereocenters. The van der Waals surface area contributed by atoms with Gasteiger partial charge in [-0.2, -0.15) is 0 Å². The summed E-state index contributed by atoms with van der Waals surface area (Å²) < 4.78 is 10.9. The van der Waals surface area contributed by atoms with Crippen LogP contribution in [0.25, 0.3) is 0 Å². The molecular formula is C17H19NO3. The Labute approximate surface area is 124 Å². The molecule has 0 aliphatic carbocycles. The van der Waals surface area contributed by atoms with E-state index in [2.05, 4.69) is 11.0 Å². The van der Waals surface area contributed by atoms with Gasteiger partial charge in [-0.25, -0.2) is 0 Å². The highest BCUT2D eigenvalue weighted by Crippen LogP contribution is 2.35. The molecule has 2 aromatic rings. The zero-order chi connectivity index (χ0) is 14.7. The van der Waals surface area contributed by atoms with Crippen LogP contribution in [-0.2, 0) is 6.54 Å². The van der Waals surface area contributed by atoms with E-state index in [1.165, 1.54) is 0 Å². The second kappa shape index (κ2) is 5.95. The predicted molar refractivity (Wildman–Crippen MR) is 82.3 cm³/mol. The van der Waals surface area contributed by atoms with Gasteiger partial charge < -0.3 is 19.5 Å². The minimum Gasteiger partial charge on any atom is -0.504 e. The monoisotopic (exact) mass is 285 g/mol. The molecule has 2 aromatic carbocycles. The molecule has 0 aromatic heterocycles. The zero-order valence-corrected chi connectivity index (χ0v) is 12.1. The van der Waals surface area contributed by atoms with Crippen LogP contribution in [0.15, 0.2) is 42.5 Å². The summed E-state index contributed by atoms with van der Waals surface area (Å²) in [4.78, 5) is 2.23. The molecule has 0 spiro atoms. The van der Waals surface area contributed by atoms with Gasteiger partial charge in [-0.15, -0.1) is 0 Å².